The summed E-state index contributed by atoms with van der Waals surface area (Å²) in [4.78, 5) is 24.3. The average molecular weight is 245 g/mol. The van der Waals surface area contributed by atoms with Gasteiger partial charge in [0.1, 0.15) is 6.10 Å². The van der Waals surface area contributed by atoms with Crippen molar-refractivity contribution in [2.24, 2.45) is 0 Å². The van der Waals surface area contributed by atoms with E-state index in [-0.39, 0.29) is 12.5 Å². The van der Waals surface area contributed by atoms with Crippen LogP contribution in [0.3, 0.4) is 0 Å². The first-order valence-corrected chi connectivity index (χ1v) is 5.88. The van der Waals surface area contributed by atoms with Crippen molar-refractivity contribution in [2.45, 2.75) is 38.4 Å². The van der Waals surface area contributed by atoms with Gasteiger partial charge in [-0.2, -0.15) is 0 Å². The van der Waals surface area contributed by atoms with E-state index in [1.807, 2.05) is 6.92 Å². The van der Waals surface area contributed by atoms with Crippen LogP contribution in [0.1, 0.15) is 26.2 Å². The molecule has 17 heavy (non-hydrogen) atoms. The summed E-state index contributed by atoms with van der Waals surface area (Å²) in [6.07, 6.45) is -0.154. The van der Waals surface area contributed by atoms with Gasteiger partial charge in [-0.25, -0.2) is 4.79 Å². The van der Waals surface area contributed by atoms with Crippen molar-refractivity contribution in [1.29, 1.82) is 0 Å². The second-order valence-corrected chi connectivity index (χ2v) is 4.02. The van der Waals surface area contributed by atoms with Crippen molar-refractivity contribution in [3.63, 3.8) is 0 Å². The van der Waals surface area contributed by atoms with E-state index in [9.17, 15) is 9.59 Å². The summed E-state index contributed by atoms with van der Waals surface area (Å²) >= 11 is 0. The average Bonchev–Trinajstić information content (AvgIpc) is 2.79. The Labute approximate surface area is 100 Å². The fraction of sp³-hybridized carbons (Fsp3) is 0.818. The van der Waals surface area contributed by atoms with Crippen LogP contribution in [-0.2, 0) is 14.3 Å². The second-order valence-electron chi connectivity index (χ2n) is 4.02. The largest absolute Gasteiger partial charge is 0.479 e. The summed E-state index contributed by atoms with van der Waals surface area (Å²) in [5, 5.41) is 17.5. The SMILES string of the molecule is CCN(CCCO)C(=O)[C@@H]1CC[C@H](C(=O)O)O1. The zero-order chi connectivity index (χ0) is 12.8. The number of carbonyl (C=O) groups excluding carboxylic acids is 1. The zero-order valence-electron chi connectivity index (χ0n) is 9.96. The number of hydrogen-bond acceptors (Lipinski definition) is 4. The van der Waals surface area contributed by atoms with E-state index in [2.05, 4.69) is 0 Å². The van der Waals surface area contributed by atoms with Crippen molar-refractivity contribution in [1.82, 2.24) is 4.90 Å². The molecule has 0 spiro atoms. The first-order valence-electron chi connectivity index (χ1n) is 5.88. The Bertz CT molecular complexity index is 281. The minimum atomic E-state index is -1.02. The molecule has 2 N–H and O–H groups in total. The minimum absolute atomic E-state index is 0.0348. The third kappa shape index (κ3) is 3.67. The molecule has 1 aliphatic rings. The molecule has 1 amide bonds. The van der Waals surface area contributed by atoms with Crippen LogP contribution in [0.2, 0.25) is 0 Å². The molecule has 0 aliphatic carbocycles. The van der Waals surface area contributed by atoms with Crippen molar-refractivity contribution in [3.8, 4) is 0 Å². The molecule has 2 atom stereocenters. The molecule has 1 heterocycles. The Morgan fingerprint density at radius 3 is 2.47 bits per heavy atom. The van der Waals surface area contributed by atoms with Gasteiger partial charge in [-0.3, -0.25) is 4.79 Å². The van der Waals surface area contributed by atoms with Gasteiger partial charge in [-0.1, -0.05) is 0 Å². The summed E-state index contributed by atoms with van der Waals surface area (Å²) in [6.45, 7) is 2.89. The van der Waals surface area contributed by atoms with Crippen LogP contribution in [0.4, 0.5) is 0 Å². The number of amides is 1. The maximum Gasteiger partial charge on any atom is 0.332 e. The number of nitrogens with zero attached hydrogens (tertiary/aromatic N) is 1. The summed E-state index contributed by atoms with van der Waals surface area (Å²) < 4.78 is 5.19. The predicted molar refractivity (Wildman–Crippen MR) is 59.5 cm³/mol. The topological polar surface area (TPSA) is 87.1 Å². The Morgan fingerprint density at radius 2 is 2.00 bits per heavy atom. The minimum Gasteiger partial charge on any atom is -0.479 e. The first kappa shape index (κ1) is 13.9. The van der Waals surface area contributed by atoms with E-state index >= 15 is 0 Å². The maximum absolute atomic E-state index is 12.0. The smallest absolute Gasteiger partial charge is 0.332 e. The molecule has 1 aliphatic heterocycles. The van der Waals surface area contributed by atoms with Crippen LogP contribution in [-0.4, -0.2) is 58.9 Å². The molecule has 0 bridgehead atoms. The van der Waals surface area contributed by atoms with Gasteiger partial charge in [0.2, 0.25) is 0 Å². The number of aliphatic carboxylic acids is 1. The molecular formula is C11H19NO5. The van der Waals surface area contributed by atoms with Crippen molar-refractivity contribution < 1.29 is 24.5 Å². The van der Waals surface area contributed by atoms with E-state index in [4.69, 9.17) is 14.9 Å². The van der Waals surface area contributed by atoms with Gasteiger partial charge in [0, 0.05) is 19.7 Å². The molecule has 0 aromatic heterocycles. The van der Waals surface area contributed by atoms with Gasteiger partial charge in [0.15, 0.2) is 6.10 Å². The van der Waals surface area contributed by atoms with Crippen LogP contribution in [0.15, 0.2) is 0 Å². The molecule has 0 aromatic rings. The summed E-state index contributed by atoms with van der Waals surface area (Å²) in [7, 11) is 0. The maximum atomic E-state index is 12.0. The highest BCUT2D eigenvalue weighted by atomic mass is 16.5. The Morgan fingerprint density at radius 1 is 1.35 bits per heavy atom. The standard InChI is InChI=1S/C11H19NO5/c1-2-12(6-3-7-13)10(14)8-4-5-9(17-8)11(15)16/h8-9,13H,2-7H2,1H3,(H,15,16)/t8-,9+/m0/s1. The third-order valence-corrected chi connectivity index (χ3v) is 2.85. The Kier molecular flexibility index (Phi) is 5.37. The summed E-state index contributed by atoms with van der Waals surface area (Å²) in [6, 6.07) is 0. The van der Waals surface area contributed by atoms with Crippen LogP contribution in [0.5, 0.6) is 0 Å². The van der Waals surface area contributed by atoms with Crippen LogP contribution in [0.25, 0.3) is 0 Å². The lowest BCUT2D eigenvalue weighted by Crippen LogP contribution is -2.40. The molecule has 1 fully saturated rings. The molecule has 1 saturated heterocycles. The van der Waals surface area contributed by atoms with Gasteiger partial charge in [0.25, 0.3) is 5.91 Å². The molecule has 98 valence electrons. The highest BCUT2D eigenvalue weighted by Crippen LogP contribution is 2.21. The number of carboxylic acid groups (broad SMARTS) is 1. The number of aliphatic hydroxyl groups is 1. The van der Waals surface area contributed by atoms with Crippen LogP contribution < -0.4 is 0 Å². The third-order valence-electron chi connectivity index (χ3n) is 2.85. The highest BCUT2D eigenvalue weighted by molar-refractivity contribution is 5.82. The molecule has 6 nitrogen and oxygen atoms in total. The summed E-state index contributed by atoms with van der Waals surface area (Å²) in [5.41, 5.74) is 0. The molecule has 0 unspecified atom stereocenters. The second kappa shape index (κ2) is 6.56. The lowest BCUT2D eigenvalue weighted by molar-refractivity contribution is -0.154. The number of hydrogen-bond donors (Lipinski definition) is 2. The monoisotopic (exact) mass is 245 g/mol. The molecule has 0 saturated carbocycles. The lowest BCUT2D eigenvalue weighted by Gasteiger charge is -2.23. The van der Waals surface area contributed by atoms with E-state index in [1.165, 1.54) is 0 Å². The number of likely N-dealkylation sites (N-methyl/N-ethyl adjacent to an activating group) is 1. The van der Waals surface area contributed by atoms with E-state index in [1.54, 1.807) is 4.90 Å². The van der Waals surface area contributed by atoms with Crippen molar-refractivity contribution >= 4 is 11.9 Å². The van der Waals surface area contributed by atoms with Gasteiger partial charge >= 0.3 is 5.97 Å². The van der Waals surface area contributed by atoms with E-state index in [0.717, 1.165) is 0 Å². The van der Waals surface area contributed by atoms with Crippen LogP contribution in [0, 0.1) is 0 Å². The van der Waals surface area contributed by atoms with Crippen molar-refractivity contribution in [3.05, 3.63) is 0 Å². The van der Waals surface area contributed by atoms with E-state index < -0.39 is 18.2 Å². The molecule has 1 rings (SSSR count). The molecule has 6 heteroatoms. The van der Waals surface area contributed by atoms with Crippen molar-refractivity contribution in [2.75, 3.05) is 19.7 Å². The molecular weight excluding hydrogens is 226 g/mol. The zero-order valence-corrected chi connectivity index (χ0v) is 9.96. The van der Waals surface area contributed by atoms with Gasteiger partial charge < -0.3 is 19.8 Å². The van der Waals surface area contributed by atoms with Gasteiger partial charge in [-0.15, -0.1) is 0 Å². The normalized spacial score (nSPS) is 23.6. The van der Waals surface area contributed by atoms with Gasteiger partial charge in [-0.05, 0) is 26.2 Å². The quantitative estimate of drug-likeness (QED) is 0.679. The molecule has 0 radical (unpaired) electrons. The lowest BCUT2D eigenvalue weighted by atomic mass is 10.2. The number of aliphatic hydroxyl groups excluding tert-OH is 1. The van der Waals surface area contributed by atoms with Gasteiger partial charge in [0.05, 0.1) is 0 Å². The number of rotatable bonds is 6. The fourth-order valence-corrected chi connectivity index (χ4v) is 1.89. The number of carbonyl (C=O) groups is 2. The first-order chi connectivity index (χ1) is 8.10. The highest BCUT2D eigenvalue weighted by Gasteiger charge is 2.36. The summed E-state index contributed by atoms with van der Waals surface area (Å²) in [5.74, 6) is -1.19. The van der Waals surface area contributed by atoms with Crippen LogP contribution >= 0.6 is 0 Å². The Hall–Kier alpha value is -1.14. The molecule has 0 aromatic carbocycles. The predicted octanol–water partition coefficient (Wildman–Crippen LogP) is -0.151. The Balaban J connectivity index is 2.49. The number of carboxylic acids is 1. The fourth-order valence-electron chi connectivity index (χ4n) is 1.89. The van der Waals surface area contributed by atoms with E-state index in [0.29, 0.717) is 32.4 Å². The number of ether oxygens (including phenoxy) is 1.